The maximum Gasteiger partial charge on any atom is 0.410 e. The lowest BCUT2D eigenvalue weighted by Crippen LogP contribution is -2.55. The highest BCUT2D eigenvalue weighted by molar-refractivity contribution is 5.80. The first-order valence-corrected chi connectivity index (χ1v) is 11.2. The summed E-state index contributed by atoms with van der Waals surface area (Å²) in [5, 5.41) is 11.0. The van der Waals surface area contributed by atoms with Crippen LogP contribution < -0.4 is 10.6 Å². The predicted octanol–water partition coefficient (Wildman–Crippen LogP) is 3.32. The molecule has 1 amide bonds. The fourth-order valence-electron chi connectivity index (χ4n) is 4.56. The molecular weight excluding hydrogens is 382 g/mol. The summed E-state index contributed by atoms with van der Waals surface area (Å²) in [6, 6.07) is 0.778. The maximum absolute atomic E-state index is 12.6. The van der Waals surface area contributed by atoms with Crippen LogP contribution in [0.4, 0.5) is 4.79 Å². The zero-order valence-corrected chi connectivity index (χ0v) is 19.2. The Hall–Kier alpha value is -2.25. The first-order chi connectivity index (χ1) is 14.2. The van der Waals surface area contributed by atoms with Gasteiger partial charge in [0.25, 0.3) is 0 Å². The van der Waals surface area contributed by atoms with Gasteiger partial charge in [0.15, 0.2) is 5.96 Å². The average Bonchev–Trinajstić information content (AvgIpc) is 3.11. The van der Waals surface area contributed by atoms with E-state index in [1.54, 1.807) is 0 Å². The third-order valence-electron chi connectivity index (χ3n) is 5.84. The van der Waals surface area contributed by atoms with Crippen LogP contribution in [0.2, 0.25) is 0 Å². The number of aryl methyl sites for hydroxylation is 2. The third kappa shape index (κ3) is 5.46. The van der Waals surface area contributed by atoms with Crippen LogP contribution in [0.25, 0.3) is 0 Å². The summed E-state index contributed by atoms with van der Waals surface area (Å²) in [4.78, 5) is 19.4. The van der Waals surface area contributed by atoms with E-state index in [2.05, 4.69) is 22.7 Å². The smallest absolute Gasteiger partial charge is 0.410 e. The Labute approximate surface area is 179 Å². The van der Waals surface area contributed by atoms with Crippen molar-refractivity contribution in [1.82, 2.24) is 20.7 Å². The molecule has 2 unspecified atom stereocenters. The van der Waals surface area contributed by atoms with Gasteiger partial charge >= 0.3 is 6.09 Å². The highest BCUT2D eigenvalue weighted by Gasteiger charge is 2.45. The number of guanidine groups is 1. The van der Waals surface area contributed by atoms with Crippen molar-refractivity contribution in [3.8, 4) is 0 Å². The van der Waals surface area contributed by atoms with Gasteiger partial charge in [-0.3, -0.25) is 4.99 Å². The molecule has 2 aliphatic heterocycles. The molecule has 3 heterocycles. The summed E-state index contributed by atoms with van der Waals surface area (Å²) < 4.78 is 10.9. The normalized spacial score (nSPS) is 24.1. The van der Waals surface area contributed by atoms with E-state index in [9.17, 15) is 4.79 Å². The molecule has 2 N–H and O–H groups in total. The predicted molar refractivity (Wildman–Crippen MR) is 117 cm³/mol. The minimum Gasteiger partial charge on any atom is -0.444 e. The van der Waals surface area contributed by atoms with Crippen LogP contribution in [0.3, 0.4) is 0 Å². The van der Waals surface area contributed by atoms with Gasteiger partial charge in [-0.1, -0.05) is 5.16 Å². The van der Waals surface area contributed by atoms with Crippen molar-refractivity contribution in [3.05, 3.63) is 17.0 Å². The number of carbonyl (C=O) groups is 1. The van der Waals surface area contributed by atoms with E-state index >= 15 is 0 Å². The van der Waals surface area contributed by atoms with E-state index in [0.717, 1.165) is 61.6 Å². The number of amides is 1. The number of hydrogen-bond acceptors (Lipinski definition) is 5. The minimum atomic E-state index is -0.461. The molecule has 2 bridgehead atoms. The van der Waals surface area contributed by atoms with Gasteiger partial charge in [-0.25, -0.2) is 4.79 Å². The second-order valence-corrected chi connectivity index (χ2v) is 9.40. The van der Waals surface area contributed by atoms with Crippen LogP contribution in [0.5, 0.6) is 0 Å². The van der Waals surface area contributed by atoms with Crippen molar-refractivity contribution >= 4 is 12.1 Å². The molecular formula is C22H37N5O3. The van der Waals surface area contributed by atoms with Crippen LogP contribution in [-0.4, -0.2) is 58.9 Å². The Morgan fingerprint density at radius 1 is 1.27 bits per heavy atom. The summed E-state index contributed by atoms with van der Waals surface area (Å²) >= 11 is 0. The molecule has 2 fully saturated rings. The number of aliphatic imine (C=N–C) groups is 1. The first-order valence-electron chi connectivity index (χ1n) is 11.2. The highest BCUT2D eigenvalue weighted by Crippen LogP contribution is 2.36. The van der Waals surface area contributed by atoms with Crippen molar-refractivity contribution in [1.29, 1.82) is 0 Å². The lowest BCUT2D eigenvalue weighted by molar-refractivity contribution is 0.00545. The molecule has 1 aromatic heterocycles. The second kappa shape index (κ2) is 9.27. The van der Waals surface area contributed by atoms with E-state index in [0.29, 0.717) is 12.6 Å². The molecule has 8 heteroatoms. The topological polar surface area (TPSA) is 92.0 Å². The van der Waals surface area contributed by atoms with Gasteiger partial charge in [0.2, 0.25) is 0 Å². The maximum atomic E-state index is 12.6. The average molecular weight is 420 g/mol. The van der Waals surface area contributed by atoms with Crippen molar-refractivity contribution in [2.45, 2.75) is 97.4 Å². The van der Waals surface area contributed by atoms with Gasteiger partial charge in [-0.05, 0) is 73.6 Å². The van der Waals surface area contributed by atoms with Crippen molar-refractivity contribution in [2.75, 3.05) is 13.1 Å². The van der Waals surface area contributed by atoms with E-state index in [1.165, 1.54) is 0 Å². The van der Waals surface area contributed by atoms with Crippen LogP contribution in [0.1, 0.15) is 70.4 Å². The van der Waals surface area contributed by atoms with E-state index in [1.807, 2.05) is 39.5 Å². The number of nitrogens with one attached hydrogen (secondary N) is 2. The number of ether oxygens (including phenoxy) is 1. The van der Waals surface area contributed by atoms with Gasteiger partial charge in [0.1, 0.15) is 11.4 Å². The van der Waals surface area contributed by atoms with Gasteiger partial charge in [-0.15, -0.1) is 0 Å². The highest BCUT2D eigenvalue weighted by atomic mass is 16.6. The largest absolute Gasteiger partial charge is 0.444 e. The Morgan fingerprint density at radius 2 is 1.93 bits per heavy atom. The summed E-state index contributed by atoms with van der Waals surface area (Å²) in [6.45, 7) is 13.2. The van der Waals surface area contributed by atoms with E-state index in [4.69, 9.17) is 14.3 Å². The van der Waals surface area contributed by atoms with Gasteiger partial charge < -0.3 is 24.8 Å². The number of nitrogens with zero attached hydrogens (tertiary/aromatic N) is 3. The van der Waals surface area contributed by atoms with Crippen LogP contribution in [0.15, 0.2) is 9.52 Å². The summed E-state index contributed by atoms with van der Waals surface area (Å²) in [5.74, 6) is 1.70. The number of hydrogen-bond donors (Lipinski definition) is 2. The number of aromatic nitrogens is 1. The molecule has 2 saturated heterocycles. The van der Waals surface area contributed by atoms with E-state index in [-0.39, 0.29) is 18.2 Å². The third-order valence-corrected chi connectivity index (χ3v) is 5.84. The number of fused-ring (bicyclic) bond motifs is 2. The molecule has 8 nitrogen and oxygen atoms in total. The quantitative estimate of drug-likeness (QED) is 0.562. The first kappa shape index (κ1) is 22.4. The fraction of sp³-hybridized carbons (Fsp3) is 0.773. The molecule has 0 spiro atoms. The van der Waals surface area contributed by atoms with Crippen LogP contribution in [0, 0.1) is 13.8 Å². The van der Waals surface area contributed by atoms with E-state index < -0.39 is 5.60 Å². The monoisotopic (exact) mass is 419 g/mol. The lowest BCUT2D eigenvalue weighted by atomic mass is 9.98. The van der Waals surface area contributed by atoms with Crippen molar-refractivity contribution in [2.24, 2.45) is 4.99 Å². The minimum absolute atomic E-state index is 0.173. The summed E-state index contributed by atoms with van der Waals surface area (Å²) in [6.07, 6.45) is 4.56. The molecule has 30 heavy (non-hydrogen) atoms. The number of piperidine rings is 1. The van der Waals surface area contributed by atoms with Crippen LogP contribution in [-0.2, 0) is 11.2 Å². The molecule has 3 rings (SSSR count). The lowest BCUT2D eigenvalue weighted by Gasteiger charge is -2.40. The SMILES string of the molecule is CCNC(=NCCc1c(C)noc1C)NC1CC2CCC(C1)N2C(=O)OC(C)(C)C. The van der Waals surface area contributed by atoms with Gasteiger partial charge in [0, 0.05) is 36.8 Å². The second-order valence-electron chi connectivity index (χ2n) is 9.40. The Morgan fingerprint density at radius 3 is 2.47 bits per heavy atom. The molecule has 0 saturated carbocycles. The Kier molecular flexibility index (Phi) is 6.93. The Bertz CT molecular complexity index is 734. The molecule has 2 aliphatic rings. The van der Waals surface area contributed by atoms with Crippen molar-refractivity contribution < 1.29 is 14.1 Å². The number of rotatable bonds is 5. The molecule has 0 aromatic carbocycles. The summed E-state index contributed by atoms with van der Waals surface area (Å²) in [7, 11) is 0. The zero-order valence-electron chi connectivity index (χ0n) is 19.2. The Balaban J connectivity index is 1.57. The molecule has 2 atom stereocenters. The molecule has 168 valence electrons. The summed E-state index contributed by atoms with van der Waals surface area (Å²) in [5.41, 5.74) is 1.61. The molecule has 0 aliphatic carbocycles. The van der Waals surface area contributed by atoms with Gasteiger partial charge in [-0.2, -0.15) is 0 Å². The standard InChI is InChI=1S/C22H37N5O3/c1-7-23-20(24-11-10-19-14(2)26-30-15(19)3)25-16-12-17-8-9-18(13-16)27(17)21(28)29-22(4,5)6/h16-18H,7-13H2,1-6H3,(H2,23,24,25). The van der Waals surface area contributed by atoms with Crippen molar-refractivity contribution in [3.63, 3.8) is 0 Å². The fourth-order valence-corrected chi connectivity index (χ4v) is 4.56. The zero-order chi connectivity index (χ0) is 21.9. The molecule has 0 radical (unpaired) electrons. The van der Waals surface area contributed by atoms with Gasteiger partial charge in [0.05, 0.1) is 5.69 Å². The van der Waals surface area contributed by atoms with Crippen LogP contribution >= 0.6 is 0 Å². The molecule has 1 aromatic rings. The number of carbonyl (C=O) groups excluding carboxylic acids is 1.